The van der Waals surface area contributed by atoms with Gasteiger partial charge < -0.3 is 10.1 Å². The first-order valence-corrected chi connectivity index (χ1v) is 11.6. The molecule has 8 heteroatoms. The summed E-state index contributed by atoms with van der Waals surface area (Å²) in [6, 6.07) is 18.4. The summed E-state index contributed by atoms with van der Waals surface area (Å²) >= 11 is 1.25. The highest BCUT2D eigenvalue weighted by Crippen LogP contribution is 2.39. The molecule has 0 saturated heterocycles. The molecule has 1 aliphatic rings. The van der Waals surface area contributed by atoms with Crippen molar-refractivity contribution in [3.05, 3.63) is 93.2 Å². The number of nitrogens with zero attached hydrogens (tertiary/aromatic N) is 1. The molecule has 4 rings (SSSR count). The minimum atomic E-state index is -4.00. The Morgan fingerprint density at radius 3 is 2.60 bits per heavy atom. The number of methoxy groups -OCH3 is 1. The lowest BCUT2D eigenvalue weighted by Crippen LogP contribution is -2.38. The third-order valence-corrected chi connectivity index (χ3v) is 7.42. The summed E-state index contributed by atoms with van der Waals surface area (Å²) in [6.45, 7) is 0.521. The smallest absolute Gasteiger partial charge is 0.270 e. The number of hydrogen-bond acceptors (Lipinski definition) is 6. The molecule has 0 bridgehead atoms. The van der Waals surface area contributed by atoms with Crippen molar-refractivity contribution < 1.29 is 17.9 Å². The Morgan fingerprint density at radius 2 is 1.83 bits per heavy atom. The first-order chi connectivity index (χ1) is 14.5. The number of carbonyl (C=O) groups excluding carboxylic acids is 1. The number of ketones is 1. The summed E-state index contributed by atoms with van der Waals surface area (Å²) in [6.07, 6.45) is 1.30. The van der Waals surface area contributed by atoms with Gasteiger partial charge in [0, 0.05) is 12.7 Å². The molecule has 2 heterocycles. The lowest BCUT2D eigenvalue weighted by atomic mass is 10.2. The van der Waals surface area contributed by atoms with E-state index in [2.05, 4.69) is 5.32 Å². The van der Waals surface area contributed by atoms with Crippen LogP contribution in [0.1, 0.15) is 20.8 Å². The zero-order chi connectivity index (χ0) is 21.1. The number of ether oxygens (including phenoxy) is 1. The maximum Gasteiger partial charge on any atom is 0.270 e. The number of sulfonamides is 1. The van der Waals surface area contributed by atoms with Gasteiger partial charge in [-0.3, -0.25) is 9.10 Å². The number of allylic oxidation sites excluding steroid dienone is 1. The fraction of sp³-hybridized carbons (Fsp3) is 0.136. The average Bonchev–Trinajstić information content (AvgIpc) is 3.24. The molecule has 0 aliphatic carbocycles. The standard InChI is InChI=1S/C22H20N2O4S2/c1-28-18-9-5-8-17(12-18)13-23-14-20-21(25)22-19(10-11-29-22)24(30(20,26)27)15-16-6-3-2-4-7-16/h2-12,14,23H,13,15H2,1H3/b20-14-. The minimum Gasteiger partial charge on any atom is -0.497 e. The number of Topliss-reactive ketones (excluding diaryl/α,β-unsaturated/α-hetero) is 1. The normalized spacial score (nSPS) is 16.4. The Balaban J connectivity index is 1.64. The molecule has 30 heavy (non-hydrogen) atoms. The molecule has 0 radical (unpaired) electrons. The van der Waals surface area contributed by atoms with Crippen molar-refractivity contribution in [1.29, 1.82) is 0 Å². The number of anilines is 1. The highest BCUT2D eigenvalue weighted by atomic mass is 32.2. The van der Waals surface area contributed by atoms with Gasteiger partial charge in [-0.25, -0.2) is 8.42 Å². The van der Waals surface area contributed by atoms with Crippen molar-refractivity contribution >= 4 is 32.8 Å². The molecule has 0 spiro atoms. The van der Waals surface area contributed by atoms with Crippen molar-refractivity contribution in [2.45, 2.75) is 13.1 Å². The summed E-state index contributed by atoms with van der Waals surface area (Å²) in [4.78, 5) is 13.1. The van der Waals surface area contributed by atoms with Crippen LogP contribution in [0.5, 0.6) is 5.75 Å². The number of rotatable bonds is 6. The molecule has 1 aromatic heterocycles. The van der Waals surface area contributed by atoms with E-state index in [1.165, 1.54) is 21.8 Å². The quantitative estimate of drug-likeness (QED) is 0.588. The summed E-state index contributed by atoms with van der Waals surface area (Å²) in [7, 11) is -2.41. The number of thiophene rings is 1. The van der Waals surface area contributed by atoms with E-state index >= 15 is 0 Å². The van der Waals surface area contributed by atoms with Crippen LogP contribution < -0.4 is 14.4 Å². The predicted molar refractivity (Wildman–Crippen MR) is 118 cm³/mol. The maximum atomic E-state index is 13.3. The van der Waals surface area contributed by atoms with E-state index in [4.69, 9.17) is 4.74 Å². The second-order valence-electron chi connectivity index (χ2n) is 6.70. The third kappa shape index (κ3) is 3.83. The van der Waals surface area contributed by atoms with Gasteiger partial charge >= 0.3 is 0 Å². The predicted octanol–water partition coefficient (Wildman–Crippen LogP) is 3.92. The van der Waals surface area contributed by atoms with Gasteiger partial charge in [-0.15, -0.1) is 11.3 Å². The van der Waals surface area contributed by atoms with Gasteiger partial charge in [0.15, 0.2) is 4.91 Å². The van der Waals surface area contributed by atoms with Crippen molar-refractivity contribution in [1.82, 2.24) is 5.32 Å². The van der Waals surface area contributed by atoms with Gasteiger partial charge in [0.1, 0.15) is 10.6 Å². The van der Waals surface area contributed by atoms with Gasteiger partial charge in [0.25, 0.3) is 10.0 Å². The molecule has 0 saturated carbocycles. The number of hydrogen-bond donors (Lipinski definition) is 1. The topological polar surface area (TPSA) is 75.7 Å². The molecular formula is C22H20N2O4S2. The number of benzene rings is 2. The van der Waals surface area contributed by atoms with Gasteiger partial charge in [-0.1, -0.05) is 42.5 Å². The summed E-state index contributed by atoms with van der Waals surface area (Å²) in [5.41, 5.74) is 2.18. The molecule has 6 nitrogen and oxygen atoms in total. The number of nitrogens with one attached hydrogen (secondary N) is 1. The monoisotopic (exact) mass is 440 g/mol. The van der Waals surface area contributed by atoms with Crippen LogP contribution in [-0.2, 0) is 23.1 Å². The maximum absolute atomic E-state index is 13.3. The second-order valence-corrected chi connectivity index (χ2v) is 9.45. The molecule has 2 aromatic carbocycles. The van der Waals surface area contributed by atoms with Crippen molar-refractivity contribution in [3.8, 4) is 5.75 Å². The lowest BCUT2D eigenvalue weighted by molar-refractivity contribution is 0.104. The van der Waals surface area contributed by atoms with E-state index in [-0.39, 0.29) is 11.4 Å². The number of fused-ring (bicyclic) bond motifs is 1. The van der Waals surface area contributed by atoms with Crippen LogP contribution in [0.4, 0.5) is 5.69 Å². The van der Waals surface area contributed by atoms with Crippen molar-refractivity contribution in [3.63, 3.8) is 0 Å². The Bertz CT molecular complexity index is 1200. The van der Waals surface area contributed by atoms with Gasteiger partial charge in [0.05, 0.1) is 19.3 Å². The highest BCUT2D eigenvalue weighted by molar-refractivity contribution is 7.97. The molecule has 1 aliphatic heterocycles. The van der Waals surface area contributed by atoms with E-state index in [1.54, 1.807) is 18.6 Å². The molecule has 0 amide bonds. The van der Waals surface area contributed by atoms with E-state index in [9.17, 15) is 13.2 Å². The van der Waals surface area contributed by atoms with Crippen LogP contribution in [0, 0.1) is 0 Å². The molecule has 0 atom stereocenters. The van der Waals surface area contributed by atoms with Crippen LogP contribution in [0.25, 0.3) is 0 Å². The molecule has 154 valence electrons. The summed E-state index contributed by atoms with van der Waals surface area (Å²) < 4.78 is 33.1. The molecule has 0 fully saturated rings. The van der Waals surface area contributed by atoms with Crippen molar-refractivity contribution in [2.24, 2.45) is 0 Å². The lowest BCUT2D eigenvalue weighted by Gasteiger charge is -2.29. The van der Waals surface area contributed by atoms with E-state index in [1.807, 2.05) is 54.6 Å². The SMILES string of the molecule is COc1cccc(CN/C=C2/C(=O)c3sccc3N(Cc3ccccc3)S2(=O)=O)c1. The van der Waals surface area contributed by atoms with Gasteiger partial charge in [0.2, 0.25) is 5.78 Å². The molecular weight excluding hydrogens is 420 g/mol. The minimum absolute atomic E-state index is 0.160. The Hall–Kier alpha value is -3.10. The Kier molecular flexibility index (Phi) is 5.61. The van der Waals surface area contributed by atoms with Crippen LogP contribution in [0.15, 0.2) is 77.1 Å². The van der Waals surface area contributed by atoms with Crippen LogP contribution >= 0.6 is 11.3 Å². The average molecular weight is 441 g/mol. The van der Waals surface area contributed by atoms with Crippen molar-refractivity contribution in [2.75, 3.05) is 11.4 Å². The van der Waals surface area contributed by atoms with Crippen LogP contribution in [-0.4, -0.2) is 21.3 Å². The van der Waals surface area contributed by atoms with Gasteiger partial charge in [-0.2, -0.15) is 0 Å². The fourth-order valence-electron chi connectivity index (χ4n) is 3.25. The third-order valence-electron chi connectivity index (χ3n) is 4.75. The fourth-order valence-corrected chi connectivity index (χ4v) is 5.76. The highest BCUT2D eigenvalue weighted by Gasteiger charge is 2.41. The molecule has 3 aromatic rings. The van der Waals surface area contributed by atoms with Crippen LogP contribution in [0.3, 0.4) is 0 Å². The zero-order valence-corrected chi connectivity index (χ0v) is 17.9. The Labute approximate surface area is 179 Å². The van der Waals surface area contributed by atoms with E-state index in [0.717, 1.165) is 11.1 Å². The number of carbonyl (C=O) groups is 1. The first-order valence-electron chi connectivity index (χ1n) is 9.26. The molecule has 0 unspecified atom stereocenters. The largest absolute Gasteiger partial charge is 0.497 e. The molecule has 1 N–H and O–H groups in total. The Morgan fingerprint density at radius 1 is 1.07 bits per heavy atom. The van der Waals surface area contributed by atoms with E-state index < -0.39 is 15.8 Å². The van der Waals surface area contributed by atoms with E-state index in [0.29, 0.717) is 22.9 Å². The van der Waals surface area contributed by atoms with Gasteiger partial charge in [-0.05, 0) is 34.7 Å². The second kappa shape index (κ2) is 8.33. The first kappa shape index (κ1) is 20.2. The summed E-state index contributed by atoms with van der Waals surface area (Å²) in [5, 5.41) is 4.72. The van der Waals surface area contributed by atoms with Crippen LogP contribution in [0.2, 0.25) is 0 Å². The zero-order valence-electron chi connectivity index (χ0n) is 16.2. The summed E-state index contributed by atoms with van der Waals surface area (Å²) in [5.74, 6) is 0.225.